The fourth-order valence-electron chi connectivity index (χ4n) is 1.46. The minimum atomic E-state index is -0.00387. The molecule has 0 bridgehead atoms. The van der Waals surface area contributed by atoms with Crippen molar-refractivity contribution in [2.75, 3.05) is 26.3 Å². The first kappa shape index (κ1) is 11.4. The normalized spacial score (nSPS) is 16.9. The molecule has 0 radical (unpaired) electrons. The summed E-state index contributed by atoms with van der Waals surface area (Å²) in [5.74, 6) is 0.657. The third-order valence-electron chi connectivity index (χ3n) is 2.31. The quantitative estimate of drug-likeness (QED) is 0.780. The molecule has 2 heterocycles. The van der Waals surface area contributed by atoms with Crippen LogP contribution in [0, 0.1) is 0 Å². The van der Waals surface area contributed by atoms with Gasteiger partial charge in [-0.3, -0.25) is 4.79 Å². The minimum Gasteiger partial charge on any atom is -0.450 e. The molecule has 4 nitrogen and oxygen atoms in total. The number of carbonyl (C=O) groups excluding carboxylic acids is 1. The zero-order valence-electron chi connectivity index (χ0n) is 8.69. The first-order chi connectivity index (χ1) is 7.75. The van der Waals surface area contributed by atoms with E-state index in [1.54, 1.807) is 23.1 Å². The number of hydrogen-bond acceptors (Lipinski definition) is 3. The molecule has 1 aliphatic heterocycles. The summed E-state index contributed by atoms with van der Waals surface area (Å²) in [6.45, 7) is 2.55. The second-order valence-corrected chi connectivity index (χ2v) is 4.19. The van der Waals surface area contributed by atoms with Gasteiger partial charge in [-0.25, -0.2) is 0 Å². The van der Waals surface area contributed by atoms with Gasteiger partial charge in [0.05, 0.1) is 13.2 Å². The number of hydrogen-bond donors (Lipinski definition) is 0. The van der Waals surface area contributed by atoms with E-state index in [1.165, 1.54) is 6.08 Å². The molecule has 16 heavy (non-hydrogen) atoms. The van der Waals surface area contributed by atoms with Gasteiger partial charge in [-0.05, 0) is 34.1 Å². The molecule has 1 aliphatic rings. The average Bonchev–Trinajstić information content (AvgIpc) is 2.73. The Hall–Kier alpha value is -1.07. The molecule has 0 saturated carbocycles. The highest BCUT2D eigenvalue weighted by molar-refractivity contribution is 9.10. The highest BCUT2D eigenvalue weighted by Gasteiger charge is 2.13. The lowest BCUT2D eigenvalue weighted by Crippen LogP contribution is -2.39. The molecule has 1 aromatic heterocycles. The molecular formula is C11H12BrNO3. The Bertz CT molecular complexity index is 394. The zero-order valence-corrected chi connectivity index (χ0v) is 10.3. The lowest BCUT2D eigenvalue weighted by Gasteiger charge is -2.25. The molecule has 1 fully saturated rings. The van der Waals surface area contributed by atoms with Crippen molar-refractivity contribution in [3.63, 3.8) is 0 Å². The summed E-state index contributed by atoms with van der Waals surface area (Å²) in [7, 11) is 0. The summed E-state index contributed by atoms with van der Waals surface area (Å²) < 4.78 is 11.1. The van der Waals surface area contributed by atoms with Crippen molar-refractivity contribution in [3.05, 3.63) is 28.6 Å². The first-order valence-electron chi connectivity index (χ1n) is 5.06. The highest BCUT2D eigenvalue weighted by Crippen LogP contribution is 2.15. The summed E-state index contributed by atoms with van der Waals surface area (Å²) in [5.41, 5.74) is 0. The maximum absolute atomic E-state index is 11.7. The molecule has 0 spiro atoms. The van der Waals surface area contributed by atoms with E-state index in [2.05, 4.69) is 15.9 Å². The number of amides is 1. The monoisotopic (exact) mass is 285 g/mol. The number of rotatable bonds is 2. The number of carbonyl (C=O) groups is 1. The van der Waals surface area contributed by atoms with Crippen LogP contribution in [0.1, 0.15) is 5.76 Å². The van der Waals surface area contributed by atoms with Crippen molar-refractivity contribution in [2.45, 2.75) is 0 Å². The van der Waals surface area contributed by atoms with Gasteiger partial charge in [-0.15, -0.1) is 0 Å². The number of morpholine rings is 1. The van der Waals surface area contributed by atoms with Gasteiger partial charge < -0.3 is 14.1 Å². The predicted octanol–water partition coefficient (Wildman–Crippen LogP) is 1.91. The minimum absolute atomic E-state index is 0.00387. The Morgan fingerprint density at radius 1 is 1.38 bits per heavy atom. The number of halogens is 1. The van der Waals surface area contributed by atoms with E-state index in [0.29, 0.717) is 36.7 Å². The van der Waals surface area contributed by atoms with Gasteiger partial charge in [-0.1, -0.05) is 0 Å². The Balaban J connectivity index is 1.93. The van der Waals surface area contributed by atoms with Crippen LogP contribution in [-0.4, -0.2) is 37.1 Å². The predicted molar refractivity (Wildman–Crippen MR) is 62.8 cm³/mol. The van der Waals surface area contributed by atoms with E-state index in [9.17, 15) is 4.79 Å². The van der Waals surface area contributed by atoms with Crippen molar-refractivity contribution in [1.29, 1.82) is 0 Å². The van der Waals surface area contributed by atoms with Crippen molar-refractivity contribution in [1.82, 2.24) is 4.90 Å². The number of furan rings is 1. The van der Waals surface area contributed by atoms with Gasteiger partial charge >= 0.3 is 0 Å². The van der Waals surface area contributed by atoms with Gasteiger partial charge in [0.25, 0.3) is 0 Å². The molecule has 5 heteroatoms. The highest BCUT2D eigenvalue weighted by atomic mass is 79.9. The third kappa shape index (κ3) is 2.96. The Morgan fingerprint density at radius 3 is 2.75 bits per heavy atom. The van der Waals surface area contributed by atoms with E-state index in [0.717, 1.165) is 0 Å². The number of nitrogens with zero attached hydrogens (tertiary/aromatic N) is 1. The van der Waals surface area contributed by atoms with Gasteiger partial charge in [0.15, 0.2) is 4.67 Å². The maximum atomic E-state index is 11.7. The van der Waals surface area contributed by atoms with Crippen LogP contribution >= 0.6 is 15.9 Å². The van der Waals surface area contributed by atoms with Crippen LogP contribution in [-0.2, 0) is 9.53 Å². The molecule has 86 valence electrons. The molecule has 0 aromatic carbocycles. The van der Waals surface area contributed by atoms with Crippen LogP contribution < -0.4 is 0 Å². The van der Waals surface area contributed by atoms with Gasteiger partial charge in [0.1, 0.15) is 5.76 Å². The van der Waals surface area contributed by atoms with E-state index in [-0.39, 0.29) is 5.91 Å². The Morgan fingerprint density at radius 2 is 2.12 bits per heavy atom. The zero-order chi connectivity index (χ0) is 11.4. The number of ether oxygens (including phenoxy) is 1. The van der Waals surface area contributed by atoms with Crippen LogP contribution in [0.25, 0.3) is 6.08 Å². The fraction of sp³-hybridized carbons (Fsp3) is 0.364. The lowest BCUT2D eigenvalue weighted by atomic mass is 10.3. The summed E-state index contributed by atoms with van der Waals surface area (Å²) in [6.07, 6.45) is 3.19. The van der Waals surface area contributed by atoms with Crippen molar-refractivity contribution in [2.24, 2.45) is 0 Å². The molecule has 0 atom stereocenters. The second-order valence-electron chi connectivity index (χ2n) is 3.41. The summed E-state index contributed by atoms with van der Waals surface area (Å²) >= 11 is 3.20. The van der Waals surface area contributed by atoms with Gasteiger partial charge in [0, 0.05) is 19.2 Å². The third-order valence-corrected chi connectivity index (χ3v) is 2.73. The molecule has 1 saturated heterocycles. The summed E-state index contributed by atoms with van der Waals surface area (Å²) in [5, 5.41) is 0. The van der Waals surface area contributed by atoms with Crippen molar-refractivity contribution in [3.8, 4) is 0 Å². The van der Waals surface area contributed by atoms with Gasteiger partial charge in [-0.2, -0.15) is 0 Å². The van der Waals surface area contributed by atoms with Crippen molar-refractivity contribution >= 4 is 27.9 Å². The molecule has 2 rings (SSSR count). The lowest BCUT2D eigenvalue weighted by molar-refractivity contribution is -0.129. The van der Waals surface area contributed by atoms with Crippen LogP contribution in [0.15, 0.2) is 27.3 Å². The van der Waals surface area contributed by atoms with Crippen LogP contribution in [0.4, 0.5) is 0 Å². The second kappa shape index (κ2) is 5.32. The van der Waals surface area contributed by atoms with Gasteiger partial charge in [0.2, 0.25) is 5.91 Å². The molecule has 0 aliphatic carbocycles. The van der Waals surface area contributed by atoms with Crippen LogP contribution in [0.5, 0.6) is 0 Å². The average molecular weight is 286 g/mol. The Labute approximate surface area is 102 Å². The van der Waals surface area contributed by atoms with E-state index >= 15 is 0 Å². The van der Waals surface area contributed by atoms with Crippen LogP contribution in [0.3, 0.4) is 0 Å². The maximum Gasteiger partial charge on any atom is 0.246 e. The molecular weight excluding hydrogens is 274 g/mol. The van der Waals surface area contributed by atoms with E-state index in [4.69, 9.17) is 9.15 Å². The summed E-state index contributed by atoms with van der Waals surface area (Å²) in [4.78, 5) is 13.5. The molecule has 0 unspecified atom stereocenters. The Kier molecular flexibility index (Phi) is 3.79. The topological polar surface area (TPSA) is 42.7 Å². The van der Waals surface area contributed by atoms with E-state index < -0.39 is 0 Å². The summed E-state index contributed by atoms with van der Waals surface area (Å²) in [6, 6.07) is 3.59. The van der Waals surface area contributed by atoms with Crippen LogP contribution in [0.2, 0.25) is 0 Å². The molecule has 1 amide bonds. The molecule has 1 aromatic rings. The first-order valence-corrected chi connectivity index (χ1v) is 5.85. The van der Waals surface area contributed by atoms with E-state index in [1.807, 2.05) is 0 Å². The standard InChI is InChI=1S/C11H12BrNO3/c12-10-3-1-9(16-10)2-4-11(14)13-5-7-15-8-6-13/h1-4H,5-8H2/b4-2+. The SMILES string of the molecule is O=C(/C=C/c1ccc(Br)o1)N1CCOCC1. The fourth-order valence-corrected chi connectivity index (χ4v) is 1.78. The largest absolute Gasteiger partial charge is 0.450 e. The smallest absolute Gasteiger partial charge is 0.246 e. The molecule has 0 N–H and O–H groups in total. The van der Waals surface area contributed by atoms with Crippen molar-refractivity contribution < 1.29 is 13.9 Å².